The Bertz CT molecular complexity index is 695. The summed E-state index contributed by atoms with van der Waals surface area (Å²) in [5.74, 6) is 0.643. The van der Waals surface area contributed by atoms with Gasteiger partial charge in [-0.05, 0) is 48.5 Å². The summed E-state index contributed by atoms with van der Waals surface area (Å²) in [5, 5.41) is 0. The Hall–Kier alpha value is -1.87. The van der Waals surface area contributed by atoms with E-state index in [4.69, 9.17) is 14.0 Å². The van der Waals surface area contributed by atoms with Crippen LogP contribution in [0.3, 0.4) is 0 Å². The highest BCUT2D eigenvalue weighted by molar-refractivity contribution is 6.61. The molecule has 2 saturated heterocycles. The van der Waals surface area contributed by atoms with Crippen LogP contribution in [0.25, 0.3) is 0 Å². The molecule has 0 spiro atoms. The Morgan fingerprint density at radius 1 is 1.00 bits per heavy atom. The lowest BCUT2D eigenvalue weighted by molar-refractivity contribution is 0.00578. The second kappa shape index (κ2) is 9.10. The molecule has 0 radical (unpaired) electrons. The summed E-state index contributed by atoms with van der Waals surface area (Å²) in [6.45, 7) is 20.2. The third kappa shape index (κ3) is 5.63. The Morgan fingerprint density at radius 3 is 1.90 bits per heavy atom. The van der Waals surface area contributed by atoms with Gasteiger partial charge in [0.05, 0.1) is 11.2 Å². The van der Waals surface area contributed by atoms with Crippen LogP contribution in [0, 0.1) is 0 Å². The van der Waals surface area contributed by atoms with Crippen molar-refractivity contribution in [2.24, 2.45) is 0 Å². The molecule has 9 heteroatoms. The third-order valence-corrected chi connectivity index (χ3v) is 5.40. The van der Waals surface area contributed by atoms with Crippen LogP contribution in [-0.4, -0.2) is 71.1 Å². The second-order valence-corrected chi connectivity index (χ2v) is 9.36. The normalized spacial score (nSPS) is 20.5. The molecule has 0 aromatic carbocycles. The first kappa shape index (κ1) is 24.4. The molecule has 1 aromatic heterocycles. The molecule has 2 fully saturated rings. The zero-order chi connectivity index (χ0) is 22.7. The maximum Gasteiger partial charge on any atom is 0.498 e. The molecule has 2 aliphatic rings. The quantitative estimate of drug-likeness (QED) is 0.681. The van der Waals surface area contributed by atoms with E-state index < -0.39 is 23.9 Å². The molecule has 168 valence electrons. The van der Waals surface area contributed by atoms with Crippen molar-refractivity contribution in [1.29, 1.82) is 0 Å². The highest BCUT2D eigenvalue weighted by Crippen LogP contribution is 2.36. The lowest BCUT2D eigenvalue weighted by atomic mass is 9.81. The fraction of sp³-hybridized carbons (Fsp3) is 0.762. The first-order valence-corrected chi connectivity index (χ1v) is 10.8. The number of hydrogen-bond donors (Lipinski definition) is 0. The minimum absolute atomic E-state index is 0.274. The van der Waals surface area contributed by atoms with E-state index in [0.29, 0.717) is 32.1 Å². The minimum Gasteiger partial charge on any atom is -0.444 e. The number of anilines is 1. The van der Waals surface area contributed by atoms with Gasteiger partial charge in [-0.2, -0.15) is 0 Å². The second-order valence-electron chi connectivity index (χ2n) is 9.36. The average molecular weight is 420 g/mol. The molecule has 0 atom stereocenters. The Balaban J connectivity index is 0.00000155. The van der Waals surface area contributed by atoms with Crippen LogP contribution in [-0.2, 0) is 14.0 Å². The van der Waals surface area contributed by atoms with E-state index >= 15 is 0 Å². The molecular weight excluding hydrogens is 383 g/mol. The average Bonchev–Trinajstić information content (AvgIpc) is 2.90. The van der Waals surface area contributed by atoms with E-state index in [2.05, 4.69) is 14.9 Å². The number of amides is 1. The number of rotatable bonds is 2. The zero-order valence-electron chi connectivity index (χ0n) is 20.0. The molecule has 3 heterocycles. The summed E-state index contributed by atoms with van der Waals surface area (Å²) in [6.07, 6.45) is 3.24. The largest absolute Gasteiger partial charge is 0.498 e. The molecule has 3 rings (SSSR count). The molecule has 2 aliphatic heterocycles. The standard InChI is InChI=1S/C19H31BN4O4.C2H6/c1-17(2,3)26-16(25)24-10-8-23(9-11-24)15-21-12-14(13-22-15)20-27-18(4,5)19(6,7)28-20;1-2/h12-13H,8-11H2,1-7H3;1-2H3. The van der Waals surface area contributed by atoms with Crippen molar-refractivity contribution >= 4 is 24.6 Å². The number of aromatic nitrogens is 2. The van der Waals surface area contributed by atoms with Crippen molar-refractivity contribution in [2.75, 3.05) is 31.1 Å². The molecule has 0 unspecified atom stereocenters. The predicted octanol–water partition coefficient (Wildman–Crippen LogP) is 2.86. The summed E-state index contributed by atoms with van der Waals surface area (Å²) >= 11 is 0. The summed E-state index contributed by atoms with van der Waals surface area (Å²) in [7, 11) is -0.469. The first-order chi connectivity index (χ1) is 13.9. The molecule has 8 nitrogen and oxygen atoms in total. The lowest BCUT2D eigenvalue weighted by Crippen LogP contribution is -2.50. The fourth-order valence-electron chi connectivity index (χ4n) is 3.01. The monoisotopic (exact) mass is 420 g/mol. The van der Waals surface area contributed by atoms with Crippen LogP contribution < -0.4 is 10.4 Å². The van der Waals surface area contributed by atoms with Crippen LogP contribution in [0.5, 0.6) is 0 Å². The number of hydrogen-bond acceptors (Lipinski definition) is 7. The summed E-state index contributed by atoms with van der Waals surface area (Å²) in [5.41, 5.74) is -0.474. The topological polar surface area (TPSA) is 77.0 Å². The lowest BCUT2D eigenvalue weighted by Gasteiger charge is -2.35. The van der Waals surface area contributed by atoms with Crippen molar-refractivity contribution in [3.63, 3.8) is 0 Å². The van der Waals surface area contributed by atoms with Crippen LogP contribution in [0.15, 0.2) is 12.4 Å². The molecule has 0 N–H and O–H groups in total. The van der Waals surface area contributed by atoms with Gasteiger partial charge in [0.1, 0.15) is 5.60 Å². The molecule has 0 bridgehead atoms. The maximum absolute atomic E-state index is 12.2. The van der Waals surface area contributed by atoms with Gasteiger partial charge < -0.3 is 23.8 Å². The van der Waals surface area contributed by atoms with E-state index in [1.807, 2.05) is 62.3 Å². The van der Waals surface area contributed by atoms with E-state index in [9.17, 15) is 4.79 Å². The number of carbonyl (C=O) groups is 1. The number of carbonyl (C=O) groups excluding carboxylic acids is 1. The number of nitrogens with zero attached hydrogens (tertiary/aromatic N) is 4. The maximum atomic E-state index is 12.2. The number of piperazine rings is 1. The van der Waals surface area contributed by atoms with Gasteiger partial charge in [0.25, 0.3) is 0 Å². The molecule has 0 saturated carbocycles. The fourth-order valence-corrected chi connectivity index (χ4v) is 3.01. The van der Waals surface area contributed by atoms with Gasteiger partial charge in [-0.25, -0.2) is 14.8 Å². The Kier molecular flexibility index (Phi) is 7.40. The van der Waals surface area contributed by atoms with Crippen molar-refractivity contribution in [2.45, 2.75) is 79.1 Å². The van der Waals surface area contributed by atoms with Gasteiger partial charge in [-0.3, -0.25) is 0 Å². The smallest absolute Gasteiger partial charge is 0.444 e. The van der Waals surface area contributed by atoms with Gasteiger partial charge in [0.2, 0.25) is 5.95 Å². The zero-order valence-corrected chi connectivity index (χ0v) is 20.0. The molecule has 30 heavy (non-hydrogen) atoms. The summed E-state index contributed by atoms with van der Waals surface area (Å²) in [6, 6.07) is 0. The predicted molar refractivity (Wildman–Crippen MR) is 119 cm³/mol. The van der Waals surface area contributed by atoms with Gasteiger partial charge in [-0.1, -0.05) is 13.8 Å². The van der Waals surface area contributed by atoms with E-state index in [1.165, 1.54) is 0 Å². The minimum atomic E-state index is -0.485. The van der Waals surface area contributed by atoms with Crippen LogP contribution >= 0.6 is 0 Å². The Morgan fingerprint density at radius 2 is 1.47 bits per heavy atom. The van der Waals surface area contributed by atoms with E-state index in [0.717, 1.165) is 5.46 Å². The summed E-state index contributed by atoms with van der Waals surface area (Å²) < 4.78 is 17.5. The first-order valence-electron chi connectivity index (χ1n) is 10.8. The molecule has 0 aliphatic carbocycles. The van der Waals surface area contributed by atoms with Crippen molar-refractivity contribution in [3.05, 3.63) is 12.4 Å². The third-order valence-electron chi connectivity index (χ3n) is 5.40. The van der Waals surface area contributed by atoms with E-state index in [-0.39, 0.29) is 6.09 Å². The van der Waals surface area contributed by atoms with Gasteiger partial charge in [-0.15, -0.1) is 0 Å². The highest BCUT2D eigenvalue weighted by atomic mass is 16.7. The molecule has 1 aromatic rings. The van der Waals surface area contributed by atoms with Gasteiger partial charge in [0, 0.05) is 44.0 Å². The number of ether oxygens (including phenoxy) is 1. The van der Waals surface area contributed by atoms with Crippen molar-refractivity contribution in [1.82, 2.24) is 14.9 Å². The van der Waals surface area contributed by atoms with Gasteiger partial charge in [0.15, 0.2) is 0 Å². The van der Waals surface area contributed by atoms with Crippen LogP contribution in [0.4, 0.5) is 10.7 Å². The SMILES string of the molecule is CC.CC(C)(C)OC(=O)N1CCN(c2ncc(B3OC(C)(C)C(C)(C)O3)cn2)CC1. The van der Waals surface area contributed by atoms with Gasteiger partial charge >= 0.3 is 13.2 Å². The van der Waals surface area contributed by atoms with Crippen LogP contribution in [0.1, 0.15) is 62.3 Å². The van der Waals surface area contributed by atoms with Crippen molar-refractivity contribution in [3.8, 4) is 0 Å². The van der Waals surface area contributed by atoms with Crippen molar-refractivity contribution < 1.29 is 18.8 Å². The highest BCUT2D eigenvalue weighted by Gasteiger charge is 2.52. The van der Waals surface area contributed by atoms with Crippen LogP contribution in [0.2, 0.25) is 0 Å². The molecule has 1 amide bonds. The van der Waals surface area contributed by atoms with E-state index in [1.54, 1.807) is 17.3 Å². The Labute approximate surface area is 181 Å². The molecular formula is C21H37BN4O4. The summed E-state index contributed by atoms with van der Waals surface area (Å²) in [4.78, 5) is 25.0.